The van der Waals surface area contributed by atoms with Crippen LogP contribution in [0.3, 0.4) is 0 Å². The van der Waals surface area contributed by atoms with E-state index in [0.29, 0.717) is 25.9 Å². The molecule has 3 fully saturated rings. The number of halogens is 2. The zero-order valence-corrected chi connectivity index (χ0v) is 16.7. The molecule has 1 aromatic carbocycles. The van der Waals surface area contributed by atoms with Gasteiger partial charge in [-0.3, -0.25) is 4.79 Å². The first-order chi connectivity index (χ1) is 14.4. The molecule has 2 aromatic rings. The van der Waals surface area contributed by atoms with Gasteiger partial charge in [0.05, 0.1) is 30.4 Å². The molecule has 3 heterocycles. The quantitative estimate of drug-likeness (QED) is 0.820. The molecule has 5 nitrogen and oxygen atoms in total. The topological polar surface area (TPSA) is 58.4 Å². The Labute approximate surface area is 173 Å². The third kappa shape index (κ3) is 2.47. The Morgan fingerprint density at radius 2 is 1.90 bits per heavy atom. The summed E-state index contributed by atoms with van der Waals surface area (Å²) in [5.41, 5.74) is 3.28. The molecular formula is C23H25F2N3O2. The molecule has 1 unspecified atom stereocenters. The van der Waals surface area contributed by atoms with E-state index < -0.39 is 23.9 Å². The molecule has 1 saturated heterocycles. The number of alkyl halides is 2. The van der Waals surface area contributed by atoms with Crippen LogP contribution in [-0.4, -0.2) is 50.6 Å². The average molecular weight is 413 g/mol. The Balaban J connectivity index is 1.21. The van der Waals surface area contributed by atoms with Gasteiger partial charge in [0.2, 0.25) is 5.91 Å². The number of likely N-dealkylation sites (tertiary alicyclic amines) is 1. The second-order valence-electron chi connectivity index (χ2n) is 9.57. The van der Waals surface area contributed by atoms with Gasteiger partial charge in [0.1, 0.15) is 5.92 Å². The summed E-state index contributed by atoms with van der Waals surface area (Å²) < 4.78 is 28.8. The molecule has 1 amide bonds. The third-order valence-corrected chi connectivity index (χ3v) is 8.13. The highest BCUT2D eigenvalue weighted by Gasteiger charge is 2.63. The van der Waals surface area contributed by atoms with E-state index in [4.69, 9.17) is 0 Å². The molecule has 30 heavy (non-hydrogen) atoms. The van der Waals surface area contributed by atoms with Gasteiger partial charge in [0, 0.05) is 36.4 Å². The first-order valence-electron chi connectivity index (χ1n) is 10.9. The maximum absolute atomic E-state index is 13.3. The smallest absolute Gasteiger partial charge is 0.260 e. The highest BCUT2D eigenvalue weighted by Crippen LogP contribution is 2.56. The lowest BCUT2D eigenvalue weighted by atomic mass is 9.73. The summed E-state index contributed by atoms with van der Waals surface area (Å²) in [6.07, 6.45) is 6.12. The largest absolute Gasteiger partial charge is 0.392 e. The minimum absolute atomic E-state index is 0.0675. The number of aliphatic hydroxyl groups excluding tert-OH is 1. The molecule has 1 aromatic heterocycles. The Bertz CT molecular complexity index is 1010. The number of piperidine rings is 1. The van der Waals surface area contributed by atoms with Crippen molar-refractivity contribution in [3.63, 3.8) is 0 Å². The lowest BCUT2D eigenvalue weighted by molar-refractivity contribution is -0.138. The van der Waals surface area contributed by atoms with Gasteiger partial charge in [-0.05, 0) is 31.2 Å². The molecule has 1 spiro atoms. The summed E-state index contributed by atoms with van der Waals surface area (Å²) in [6, 6.07) is 8.39. The summed E-state index contributed by atoms with van der Waals surface area (Å²) in [6.45, 7) is 0.930. The van der Waals surface area contributed by atoms with Crippen molar-refractivity contribution in [2.24, 2.45) is 17.3 Å². The standard InChI is InChI=1S/C23H25F2N3O2/c24-23(25)11-17(23)21(30)27-9-7-22(8-10-27)6-5-16(20(22)29)19-15-4-2-1-3-14(15)18-12-26-13-28(18)19/h1-4,12-13,16-17,19-20,29H,5-11H2/t16-,17+,19?,20+/m0/s1. The summed E-state index contributed by atoms with van der Waals surface area (Å²) in [5, 5.41) is 11.5. The predicted molar refractivity (Wildman–Crippen MR) is 106 cm³/mol. The number of fused-ring (bicyclic) bond motifs is 3. The molecule has 6 rings (SSSR count). The molecule has 0 radical (unpaired) electrons. The maximum atomic E-state index is 13.3. The normalized spacial score (nSPS) is 32.8. The van der Waals surface area contributed by atoms with Gasteiger partial charge in [-0.15, -0.1) is 0 Å². The fourth-order valence-electron chi connectivity index (χ4n) is 6.27. The number of amides is 1. The van der Waals surface area contributed by atoms with E-state index in [0.717, 1.165) is 18.5 Å². The van der Waals surface area contributed by atoms with Crippen LogP contribution in [0, 0.1) is 17.3 Å². The van der Waals surface area contributed by atoms with Crippen molar-refractivity contribution in [2.75, 3.05) is 13.1 Å². The third-order valence-electron chi connectivity index (χ3n) is 8.13. The Hall–Kier alpha value is -2.28. The van der Waals surface area contributed by atoms with Crippen LogP contribution in [0.15, 0.2) is 36.8 Å². The summed E-state index contributed by atoms with van der Waals surface area (Å²) >= 11 is 0. The van der Waals surface area contributed by atoms with Gasteiger partial charge >= 0.3 is 0 Å². The molecule has 2 aliphatic carbocycles. The van der Waals surface area contributed by atoms with Crippen LogP contribution < -0.4 is 0 Å². The number of hydrogen-bond acceptors (Lipinski definition) is 3. The average Bonchev–Trinajstić information content (AvgIpc) is 3.08. The monoisotopic (exact) mass is 413 g/mol. The van der Waals surface area contributed by atoms with Crippen LogP contribution in [0.1, 0.15) is 43.7 Å². The van der Waals surface area contributed by atoms with Gasteiger partial charge in [0.15, 0.2) is 0 Å². The lowest BCUT2D eigenvalue weighted by Crippen LogP contribution is -2.48. The van der Waals surface area contributed by atoms with Gasteiger partial charge in [-0.1, -0.05) is 24.3 Å². The Morgan fingerprint density at radius 3 is 2.63 bits per heavy atom. The van der Waals surface area contributed by atoms with Crippen LogP contribution in [0.5, 0.6) is 0 Å². The highest BCUT2D eigenvalue weighted by atomic mass is 19.3. The number of carbonyl (C=O) groups excluding carboxylic acids is 1. The number of hydrogen-bond donors (Lipinski definition) is 1. The minimum atomic E-state index is -2.82. The number of benzene rings is 1. The summed E-state index contributed by atoms with van der Waals surface area (Å²) in [4.78, 5) is 18.3. The van der Waals surface area contributed by atoms with Crippen LogP contribution >= 0.6 is 0 Å². The second kappa shape index (κ2) is 6.13. The highest BCUT2D eigenvalue weighted by molar-refractivity contribution is 5.83. The van der Waals surface area contributed by atoms with E-state index in [1.54, 1.807) is 4.90 Å². The molecule has 158 valence electrons. The van der Waals surface area contributed by atoms with Gasteiger partial charge in [-0.25, -0.2) is 13.8 Å². The number of aromatic nitrogens is 2. The van der Waals surface area contributed by atoms with Crippen LogP contribution in [0.2, 0.25) is 0 Å². The maximum Gasteiger partial charge on any atom is 0.260 e. The number of rotatable bonds is 2. The van der Waals surface area contributed by atoms with E-state index in [1.165, 1.54) is 11.1 Å². The zero-order chi connectivity index (χ0) is 20.7. The Morgan fingerprint density at radius 1 is 1.17 bits per heavy atom. The van der Waals surface area contributed by atoms with Gasteiger partial charge < -0.3 is 14.6 Å². The summed E-state index contributed by atoms with van der Waals surface area (Å²) in [5.74, 6) is -4.27. The number of carbonyl (C=O) groups is 1. The SMILES string of the molecule is O=C([C@H]1CC1(F)F)N1CCC2(CC[C@@H](C3c4ccccc4-c4cncn43)[C@H]2O)CC1. The van der Waals surface area contributed by atoms with Crippen molar-refractivity contribution in [1.82, 2.24) is 14.5 Å². The van der Waals surface area contributed by atoms with Gasteiger partial charge in [-0.2, -0.15) is 0 Å². The van der Waals surface area contributed by atoms with E-state index in [1.807, 2.05) is 24.7 Å². The second-order valence-corrected chi connectivity index (χ2v) is 9.57. The molecule has 2 saturated carbocycles. The number of aliphatic hydroxyl groups is 1. The first-order valence-corrected chi connectivity index (χ1v) is 10.9. The fourth-order valence-corrected chi connectivity index (χ4v) is 6.27. The number of nitrogens with zero attached hydrogens (tertiary/aromatic N) is 3. The molecule has 1 N–H and O–H groups in total. The van der Waals surface area contributed by atoms with Crippen molar-refractivity contribution in [2.45, 2.75) is 50.2 Å². The molecule has 2 aliphatic heterocycles. The predicted octanol–water partition coefficient (Wildman–Crippen LogP) is 3.49. The molecule has 4 atom stereocenters. The van der Waals surface area contributed by atoms with Crippen LogP contribution in [0.25, 0.3) is 11.3 Å². The molecule has 7 heteroatoms. The van der Waals surface area contributed by atoms with Crippen LogP contribution in [0.4, 0.5) is 8.78 Å². The molecule has 4 aliphatic rings. The number of imidazole rings is 1. The van der Waals surface area contributed by atoms with E-state index >= 15 is 0 Å². The lowest BCUT2D eigenvalue weighted by Gasteiger charge is -2.43. The molecular weight excluding hydrogens is 388 g/mol. The Kier molecular flexibility index (Phi) is 3.77. The molecule has 0 bridgehead atoms. The van der Waals surface area contributed by atoms with Crippen molar-refractivity contribution >= 4 is 5.91 Å². The van der Waals surface area contributed by atoms with Gasteiger partial charge in [0.25, 0.3) is 5.92 Å². The van der Waals surface area contributed by atoms with E-state index in [9.17, 15) is 18.7 Å². The first kappa shape index (κ1) is 18.5. The fraction of sp³-hybridized carbons (Fsp3) is 0.565. The van der Waals surface area contributed by atoms with Crippen LogP contribution in [-0.2, 0) is 4.79 Å². The van der Waals surface area contributed by atoms with E-state index in [-0.39, 0.29) is 23.8 Å². The zero-order valence-electron chi connectivity index (χ0n) is 16.7. The van der Waals surface area contributed by atoms with Crippen molar-refractivity contribution in [3.05, 3.63) is 42.4 Å². The van der Waals surface area contributed by atoms with Crippen molar-refractivity contribution in [1.29, 1.82) is 0 Å². The van der Waals surface area contributed by atoms with Crippen molar-refractivity contribution in [3.8, 4) is 11.3 Å². The summed E-state index contributed by atoms with van der Waals surface area (Å²) in [7, 11) is 0. The minimum Gasteiger partial charge on any atom is -0.392 e. The van der Waals surface area contributed by atoms with Crippen molar-refractivity contribution < 1.29 is 18.7 Å². The van der Waals surface area contributed by atoms with E-state index in [2.05, 4.69) is 21.7 Å².